The molecule has 0 heterocycles. The van der Waals surface area contributed by atoms with Crippen LogP contribution in [-0.2, 0) is 9.59 Å². The average molecular weight is 235 g/mol. The summed E-state index contributed by atoms with van der Waals surface area (Å²) in [5.74, 6) is -2.22. The summed E-state index contributed by atoms with van der Waals surface area (Å²) in [6, 6.07) is 5.45. The van der Waals surface area contributed by atoms with Crippen LogP contribution in [0.1, 0.15) is 5.56 Å². The predicted octanol–water partition coefficient (Wildman–Crippen LogP) is 0.712. The van der Waals surface area contributed by atoms with Gasteiger partial charge in [-0.3, -0.25) is 9.59 Å². The number of hydrogen-bond acceptors (Lipinski definition) is 3. The lowest BCUT2D eigenvalue weighted by Crippen LogP contribution is -2.35. The van der Waals surface area contributed by atoms with E-state index in [1.807, 2.05) is 0 Å². The van der Waals surface area contributed by atoms with Gasteiger partial charge in [-0.2, -0.15) is 5.26 Å². The van der Waals surface area contributed by atoms with Crippen molar-refractivity contribution in [2.24, 2.45) is 0 Å². The van der Waals surface area contributed by atoms with Gasteiger partial charge in [0, 0.05) is 5.69 Å². The molecule has 0 fully saturated rings. The highest BCUT2D eigenvalue weighted by Gasteiger charge is 2.13. The zero-order chi connectivity index (χ0) is 12.8. The van der Waals surface area contributed by atoms with Gasteiger partial charge in [0.15, 0.2) is 0 Å². The summed E-state index contributed by atoms with van der Waals surface area (Å²) in [7, 11) is 0. The van der Waals surface area contributed by atoms with E-state index in [2.05, 4.69) is 10.6 Å². The minimum atomic E-state index is -0.907. The predicted molar refractivity (Wildman–Crippen MR) is 58.4 cm³/mol. The third-order valence-corrected chi connectivity index (χ3v) is 1.97. The van der Waals surface area contributed by atoms with Gasteiger partial charge in [-0.15, -0.1) is 0 Å². The van der Waals surface area contributed by atoms with Crippen molar-refractivity contribution < 1.29 is 14.0 Å². The Balaban J connectivity index is 2.68. The molecule has 0 bridgehead atoms. The third-order valence-electron chi connectivity index (χ3n) is 1.97. The van der Waals surface area contributed by atoms with Crippen LogP contribution in [0.3, 0.4) is 0 Å². The van der Waals surface area contributed by atoms with Gasteiger partial charge >= 0.3 is 11.8 Å². The minimum Gasteiger partial charge on any atom is -0.335 e. The lowest BCUT2D eigenvalue weighted by Gasteiger charge is -2.07. The number of hydrogen-bond donors (Lipinski definition) is 2. The van der Waals surface area contributed by atoms with Crippen LogP contribution in [0.25, 0.3) is 0 Å². The molecule has 0 atom stereocenters. The second-order valence-corrected chi connectivity index (χ2v) is 3.25. The summed E-state index contributed by atoms with van der Waals surface area (Å²) >= 11 is 0. The Morgan fingerprint density at radius 1 is 1.41 bits per heavy atom. The first-order chi connectivity index (χ1) is 8.04. The molecule has 5 nitrogen and oxygen atoms in total. The molecule has 1 aromatic rings. The largest absolute Gasteiger partial charge is 0.335 e. The number of halogens is 1. The standard InChI is InChI=1S/C11H10FN3O2/c1-7-6-8(12)2-3-9(7)15-11(17)10(16)14-5-4-13/h2-3,6H,5H2,1H3,(H,14,16)(H,15,17). The lowest BCUT2D eigenvalue weighted by atomic mass is 10.2. The molecule has 17 heavy (non-hydrogen) atoms. The molecular formula is C11H10FN3O2. The molecule has 0 saturated carbocycles. The Bertz CT molecular complexity index is 494. The summed E-state index contributed by atoms with van der Waals surface area (Å²) in [5, 5.41) is 12.6. The van der Waals surface area contributed by atoms with Crippen LogP contribution in [0.4, 0.5) is 10.1 Å². The fourth-order valence-electron chi connectivity index (χ4n) is 1.15. The Labute approximate surface area is 97.2 Å². The highest BCUT2D eigenvalue weighted by atomic mass is 19.1. The van der Waals surface area contributed by atoms with E-state index in [1.165, 1.54) is 18.2 Å². The number of benzene rings is 1. The zero-order valence-corrected chi connectivity index (χ0v) is 9.08. The maximum atomic E-state index is 12.8. The molecule has 1 aromatic carbocycles. The average Bonchev–Trinajstić information content (AvgIpc) is 2.29. The normalized spacial score (nSPS) is 9.24. The minimum absolute atomic E-state index is 0.241. The van der Waals surface area contributed by atoms with Crippen LogP contribution in [-0.4, -0.2) is 18.4 Å². The Morgan fingerprint density at radius 3 is 2.71 bits per heavy atom. The van der Waals surface area contributed by atoms with Gasteiger partial charge in [0.25, 0.3) is 0 Å². The number of rotatable bonds is 2. The smallest absolute Gasteiger partial charge is 0.313 e. The Hall–Kier alpha value is -2.42. The van der Waals surface area contributed by atoms with Crippen molar-refractivity contribution in [2.45, 2.75) is 6.92 Å². The van der Waals surface area contributed by atoms with Gasteiger partial charge < -0.3 is 10.6 Å². The highest BCUT2D eigenvalue weighted by Crippen LogP contribution is 2.15. The van der Waals surface area contributed by atoms with Crippen molar-refractivity contribution in [1.29, 1.82) is 5.26 Å². The number of carbonyl (C=O) groups excluding carboxylic acids is 2. The fraction of sp³-hybridized carbons (Fsp3) is 0.182. The number of anilines is 1. The monoisotopic (exact) mass is 235 g/mol. The van der Waals surface area contributed by atoms with Crippen LogP contribution < -0.4 is 10.6 Å². The van der Waals surface area contributed by atoms with Crippen LogP contribution in [0.5, 0.6) is 0 Å². The maximum Gasteiger partial charge on any atom is 0.313 e. The van der Waals surface area contributed by atoms with Crippen molar-refractivity contribution in [2.75, 3.05) is 11.9 Å². The highest BCUT2D eigenvalue weighted by molar-refractivity contribution is 6.39. The number of nitriles is 1. The van der Waals surface area contributed by atoms with E-state index in [9.17, 15) is 14.0 Å². The topological polar surface area (TPSA) is 82.0 Å². The van der Waals surface area contributed by atoms with E-state index in [4.69, 9.17) is 5.26 Å². The second kappa shape index (κ2) is 5.61. The molecule has 88 valence electrons. The van der Waals surface area contributed by atoms with E-state index in [-0.39, 0.29) is 6.54 Å². The van der Waals surface area contributed by atoms with Crippen LogP contribution in [0.15, 0.2) is 18.2 Å². The molecule has 0 aliphatic carbocycles. The zero-order valence-electron chi connectivity index (χ0n) is 9.08. The maximum absolute atomic E-state index is 12.8. The van der Waals surface area contributed by atoms with Crippen LogP contribution in [0.2, 0.25) is 0 Å². The van der Waals surface area contributed by atoms with Gasteiger partial charge in [0.1, 0.15) is 12.4 Å². The lowest BCUT2D eigenvalue weighted by molar-refractivity contribution is -0.136. The molecule has 0 saturated heterocycles. The molecule has 0 radical (unpaired) electrons. The first-order valence-corrected chi connectivity index (χ1v) is 4.77. The number of amides is 2. The van der Waals surface area contributed by atoms with Gasteiger partial charge in [-0.1, -0.05) is 0 Å². The summed E-state index contributed by atoms with van der Waals surface area (Å²) in [4.78, 5) is 22.5. The van der Waals surface area contributed by atoms with Gasteiger partial charge in [-0.25, -0.2) is 4.39 Å². The van der Waals surface area contributed by atoms with Gasteiger partial charge in [-0.05, 0) is 30.7 Å². The first-order valence-electron chi connectivity index (χ1n) is 4.77. The summed E-state index contributed by atoms with van der Waals surface area (Å²) < 4.78 is 12.8. The first kappa shape index (κ1) is 12.6. The van der Waals surface area contributed by atoms with E-state index < -0.39 is 17.6 Å². The van der Waals surface area contributed by atoms with Crippen molar-refractivity contribution in [3.05, 3.63) is 29.6 Å². The van der Waals surface area contributed by atoms with E-state index in [0.717, 1.165) is 0 Å². The van der Waals surface area contributed by atoms with Gasteiger partial charge in [0.2, 0.25) is 0 Å². The number of carbonyl (C=O) groups is 2. The molecule has 0 aliphatic rings. The number of nitrogens with one attached hydrogen (secondary N) is 2. The SMILES string of the molecule is Cc1cc(F)ccc1NC(=O)C(=O)NCC#N. The quantitative estimate of drug-likeness (QED) is 0.585. The summed E-state index contributed by atoms with van der Waals surface area (Å²) in [6.07, 6.45) is 0. The van der Waals surface area contributed by atoms with Gasteiger partial charge in [0.05, 0.1) is 6.07 Å². The van der Waals surface area contributed by atoms with Crippen LogP contribution in [0, 0.1) is 24.1 Å². The van der Waals surface area contributed by atoms with E-state index in [1.54, 1.807) is 13.0 Å². The van der Waals surface area contributed by atoms with E-state index in [0.29, 0.717) is 11.3 Å². The molecule has 2 N–H and O–H groups in total. The molecule has 0 aromatic heterocycles. The Kier molecular flexibility index (Phi) is 4.17. The second-order valence-electron chi connectivity index (χ2n) is 3.25. The Morgan fingerprint density at radius 2 is 2.12 bits per heavy atom. The number of nitrogens with zero attached hydrogens (tertiary/aromatic N) is 1. The van der Waals surface area contributed by atoms with Crippen molar-refractivity contribution in [1.82, 2.24) is 5.32 Å². The molecule has 2 amide bonds. The molecular weight excluding hydrogens is 225 g/mol. The van der Waals surface area contributed by atoms with E-state index >= 15 is 0 Å². The third kappa shape index (κ3) is 3.57. The molecule has 6 heteroatoms. The summed E-state index contributed by atoms with van der Waals surface area (Å²) in [5.41, 5.74) is 0.856. The van der Waals surface area contributed by atoms with Crippen LogP contribution >= 0.6 is 0 Å². The van der Waals surface area contributed by atoms with Crippen molar-refractivity contribution >= 4 is 17.5 Å². The summed E-state index contributed by atoms with van der Waals surface area (Å²) in [6.45, 7) is 1.36. The number of aryl methyl sites for hydroxylation is 1. The molecule has 0 spiro atoms. The molecule has 0 aliphatic heterocycles. The fourth-order valence-corrected chi connectivity index (χ4v) is 1.15. The van der Waals surface area contributed by atoms with Crippen molar-refractivity contribution in [3.63, 3.8) is 0 Å². The molecule has 0 unspecified atom stereocenters. The molecule has 1 rings (SSSR count). The van der Waals surface area contributed by atoms with Crippen molar-refractivity contribution in [3.8, 4) is 6.07 Å².